The Labute approximate surface area is 188 Å². The zero-order valence-corrected chi connectivity index (χ0v) is 20.6. The summed E-state index contributed by atoms with van der Waals surface area (Å²) < 4.78 is 19.3. The molecule has 0 aliphatic carbocycles. The highest BCUT2D eigenvalue weighted by Crippen LogP contribution is 2.43. The number of hydrogen-bond acceptors (Lipinski definition) is 5. The van der Waals surface area contributed by atoms with E-state index in [0.29, 0.717) is 13.0 Å². The van der Waals surface area contributed by atoms with Gasteiger partial charge in [0.1, 0.15) is 5.60 Å². The number of hydrogen-bond donors (Lipinski definition) is 0. The molecule has 0 aromatic rings. The van der Waals surface area contributed by atoms with Gasteiger partial charge in [0.2, 0.25) is 0 Å². The van der Waals surface area contributed by atoms with Gasteiger partial charge in [0.15, 0.2) is 0 Å². The molecule has 3 rings (SSSR count). The van der Waals surface area contributed by atoms with E-state index in [2.05, 4.69) is 27.0 Å². The lowest BCUT2D eigenvalue weighted by Gasteiger charge is -2.32. The van der Waals surface area contributed by atoms with Crippen LogP contribution in [0.5, 0.6) is 0 Å². The third-order valence-electron chi connectivity index (χ3n) is 6.34. The van der Waals surface area contributed by atoms with Crippen molar-refractivity contribution in [1.29, 1.82) is 0 Å². The summed E-state index contributed by atoms with van der Waals surface area (Å²) >= 11 is 3.52. The van der Waals surface area contributed by atoms with Crippen LogP contribution < -0.4 is 0 Å². The molecule has 8 heteroatoms. The molecule has 1 unspecified atom stereocenters. The van der Waals surface area contributed by atoms with Crippen molar-refractivity contribution in [2.24, 2.45) is 4.99 Å². The van der Waals surface area contributed by atoms with Gasteiger partial charge in [-0.25, -0.2) is 4.79 Å². The van der Waals surface area contributed by atoms with Crippen LogP contribution in [0.1, 0.15) is 61.3 Å². The zero-order chi connectivity index (χ0) is 22.3. The summed E-state index contributed by atoms with van der Waals surface area (Å²) in [5.41, 5.74) is 0.337. The minimum atomic E-state index is -0.564. The Morgan fingerprint density at radius 1 is 1.33 bits per heavy atom. The maximum atomic E-state index is 13.1. The van der Waals surface area contributed by atoms with Crippen LogP contribution in [-0.4, -0.2) is 52.1 Å². The lowest BCUT2D eigenvalue weighted by molar-refractivity contribution is 0.00578. The number of carbonyl (C=O) groups is 1. The van der Waals surface area contributed by atoms with Crippen molar-refractivity contribution < 1.29 is 18.8 Å². The number of fused-ring (bicyclic) bond motifs is 1. The smallest absolute Gasteiger partial charge is 0.443 e. The van der Waals surface area contributed by atoms with Crippen LogP contribution in [-0.2, 0) is 14.0 Å². The first-order chi connectivity index (χ1) is 13.9. The maximum absolute atomic E-state index is 13.1. The van der Waals surface area contributed by atoms with E-state index in [0.717, 1.165) is 22.1 Å². The molecule has 30 heavy (non-hydrogen) atoms. The molecule has 0 bridgehead atoms. The molecule has 1 fully saturated rings. The first kappa shape index (κ1) is 23.3. The molecule has 0 aromatic heterocycles. The van der Waals surface area contributed by atoms with Crippen LogP contribution in [0.2, 0.25) is 0 Å². The summed E-state index contributed by atoms with van der Waals surface area (Å²) in [6.45, 7) is 14.5. The molecule has 1 saturated heterocycles. The van der Waals surface area contributed by atoms with E-state index in [4.69, 9.17) is 14.0 Å². The summed E-state index contributed by atoms with van der Waals surface area (Å²) in [6, 6.07) is -0.284. The van der Waals surface area contributed by atoms with Gasteiger partial charge in [-0.1, -0.05) is 25.2 Å². The Balaban J connectivity index is 1.99. The van der Waals surface area contributed by atoms with Crippen LogP contribution in [0.3, 0.4) is 0 Å². The predicted octanol–water partition coefficient (Wildman–Crippen LogP) is 5.19. The topological polar surface area (TPSA) is 60.4 Å². The Morgan fingerprint density at radius 2 is 1.97 bits per heavy atom. The van der Waals surface area contributed by atoms with Crippen molar-refractivity contribution in [3.63, 3.8) is 0 Å². The molecular formula is C22H32BBrN2O4. The second-order valence-corrected chi connectivity index (χ2v) is 10.4. The number of halogens is 1. The van der Waals surface area contributed by atoms with E-state index >= 15 is 0 Å². The highest BCUT2D eigenvalue weighted by Gasteiger charge is 2.54. The van der Waals surface area contributed by atoms with Gasteiger partial charge in [0.25, 0.3) is 0 Å². The summed E-state index contributed by atoms with van der Waals surface area (Å²) in [6.07, 6.45) is 8.85. The van der Waals surface area contributed by atoms with Crippen molar-refractivity contribution in [3.8, 4) is 0 Å². The predicted molar refractivity (Wildman–Crippen MR) is 124 cm³/mol. The maximum Gasteiger partial charge on any atom is 0.496 e. The monoisotopic (exact) mass is 478 g/mol. The molecule has 3 aliphatic rings. The SMILES string of the molecule is CCC(C)(C)OC(=O)N1C=C(B2OC(C)(C)C(C)(C)O2)/C2=C/CC(Br)=NCC=CC21. The Morgan fingerprint density at radius 3 is 2.57 bits per heavy atom. The fraction of sp³-hybridized carbons (Fsp3) is 0.636. The van der Waals surface area contributed by atoms with E-state index in [9.17, 15) is 4.79 Å². The number of carbonyl (C=O) groups excluding carboxylic acids is 1. The van der Waals surface area contributed by atoms with Crippen molar-refractivity contribution in [3.05, 3.63) is 35.5 Å². The van der Waals surface area contributed by atoms with Gasteiger partial charge < -0.3 is 14.0 Å². The van der Waals surface area contributed by atoms with Gasteiger partial charge in [-0.3, -0.25) is 9.89 Å². The molecule has 0 N–H and O–H groups in total. The average Bonchev–Trinajstić information content (AvgIpc) is 3.12. The molecule has 164 valence electrons. The molecule has 3 heterocycles. The zero-order valence-electron chi connectivity index (χ0n) is 19.0. The number of allylic oxidation sites excluding steroid dienone is 1. The van der Waals surface area contributed by atoms with Crippen molar-refractivity contribution in [2.45, 2.75) is 84.2 Å². The van der Waals surface area contributed by atoms with Crippen LogP contribution in [0.25, 0.3) is 0 Å². The first-order valence-corrected chi connectivity index (χ1v) is 11.3. The summed E-state index contributed by atoms with van der Waals surface area (Å²) in [5.74, 6) is 0. The van der Waals surface area contributed by atoms with E-state index in [-0.39, 0.29) is 12.1 Å². The van der Waals surface area contributed by atoms with Crippen molar-refractivity contribution in [2.75, 3.05) is 6.54 Å². The van der Waals surface area contributed by atoms with Crippen LogP contribution in [0, 0.1) is 0 Å². The van der Waals surface area contributed by atoms with Gasteiger partial charge in [-0.05, 0) is 69.5 Å². The van der Waals surface area contributed by atoms with Crippen LogP contribution in [0.4, 0.5) is 4.79 Å². The summed E-state index contributed by atoms with van der Waals surface area (Å²) in [7, 11) is -0.564. The molecule has 3 aliphatic heterocycles. The lowest BCUT2D eigenvalue weighted by Crippen LogP contribution is -2.41. The summed E-state index contributed by atoms with van der Waals surface area (Å²) in [4.78, 5) is 19.2. The largest absolute Gasteiger partial charge is 0.496 e. The number of aliphatic imine (C=N–C) groups is 1. The van der Waals surface area contributed by atoms with Crippen molar-refractivity contribution in [1.82, 2.24) is 4.90 Å². The van der Waals surface area contributed by atoms with Gasteiger partial charge in [-0.2, -0.15) is 0 Å². The normalized spacial score (nSPS) is 27.3. The third kappa shape index (κ3) is 4.60. The van der Waals surface area contributed by atoms with Gasteiger partial charge >= 0.3 is 13.2 Å². The van der Waals surface area contributed by atoms with Gasteiger partial charge in [-0.15, -0.1) is 0 Å². The number of ether oxygens (including phenoxy) is 1. The van der Waals surface area contributed by atoms with Crippen LogP contribution in [0.15, 0.2) is 40.5 Å². The average molecular weight is 479 g/mol. The second kappa shape index (κ2) is 8.28. The number of amides is 1. The van der Waals surface area contributed by atoms with E-state index < -0.39 is 23.9 Å². The minimum Gasteiger partial charge on any atom is -0.443 e. The van der Waals surface area contributed by atoms with Gasteiger partial charge in [0.05, 0.1) is 28.4 Å². The fourth-order valence-electron chi connectivity index (χ4n) is 3.35. The molecule has 0 spiro atoms. The van der Waals surface area contributed by atoms with Crippen molar-refractivity contribution >= 4 is 33.8 Å². The van der Waals surface area contributed by atoms with Gasteiger partial charge in [0, 0.05) is 18.1 Å². The summed E-state index contributed by atoms with van der Waals surface area (Å²) in [5, 5.41) is 0. The molecule has 1 atom stereocenters. The Hall–Kier alpha value is -1.38. The Bertz CT molecular complexity index is 813. The number of nitrogens with zero attached hydrogens (tertiary/aromatic N) is 2. The Kier molecular flexibility index (Phi) is 6.43. The first-order valence-electron chi connectivity index (χ1n) is 10.5. The van der Waals surface area contributed by atoms with E-state index in [1.54, 1.807) is 4.90 Å². The molecule has 6 nitrogen and oxygen atoms in total. The minimum absolute atomic E-state index is 0.284. The van der Waals surface area contributed by atoms with E-state index in [1.165, 1.54) is 0 Å². The molecule has 0 aromatic carbocycles. The third-order valence-corrected chi connectivity index (χ3v) is 6.91. The molecule has 1 amide bonds. The molecule has 0 saturated carbocycles. The fourth-order valence-corrected chi connectivity index (χ4v) is 3.66. The molecule has 0 radical (unpaired) electrons. The van der Waals surface area contributed by atoms with E-state index in [1.807, 2.05) is 66.8 Å². The lowest BCUT2D eigenvalue weighted by atomic mass is 9.73. The standard InChI is InChI=1S/C22H32BBrN2O4/c1-8-20(2,3)28-19(27)26-14-16(23-29-21(4,5)22(6,7)30-23)15-11-12-18(24)25-13-9-10-17(15)26/h9-11,14,17H,8,12-13H2,1-7H3/b10-9?,15-11-,25-18?. The van der Waals surface area contributed by atoms with Crippen LogP contribution >= 0.6 is 15.9 Å². The molecular weight excluding hydrogens is 447 g/mol. The highest BCUT2D eigenvalue weighted by atomic mass is 79.9. The quantitative estimate of drug-likeness (QED) is 0.413. The number of rotatable bonds is 3. The highest BCUT2D eigenvalue weighted by molar-refractivity contribution is 9.18. The second-order valence-electron chi connectivity index (χ2n) is 9.51.